The maximum Gasteiger partial charge on any atom is 0.267 e. The molecule has 0 aliphatic rings. The van der Waals surface area contributed by atoms with E-state index in [1.165, 1.54) is 7.11 Å². The van der Waals surface area contributed by atoms with Gasteiger partial charge >= 0.3 is 0 Å². The van der Waals surface area contributed by atoms with Gasteiger partial charge in [-0.05, 0) is 5.92 Å². The van der Waals surface area contributed by atoms with Gasteiger partial charge in [0.05, 0.1) is 12.9 Å². The highest BCUT2D eigenvalue weighted by Crippen LogP contribution is 1.99. The zero-order valence-electron chi connectivity index (χ0n) is 5.92. The van der Waals surface area contributed by atoms with Gasteiger partial charge in [-0.3, -0.25) is 4.18 Å². The second kappa shape index (κ2) is 3.17. The van der Waals surface area contributed by atoms with Gasteiger partial charge in [0.2, 0.25) is 0 Å². The maximum absolute atomic E-state index is 10.6. The first-order valence-corrected chi connectivity index (χ1v) is 4.34. The molecule has 0 aliphatic carbocycles. The first-order valence-electron chi connectivity index (χ1n) is 2.76. The fraction of sp³-hybridized carbons (Fsp3) is 1.00. The van der Waals surface area contributed by atoms with Crippen LogP contribution < -0.4 is 0 Å². The predicted octanol–water partition coefficient (Wildman–Crippen LogP) is 0.619. The maximum atomic E-state index is 10.6. The summed E-state index contributed by atoms with van der Waals surface area (Å²) in [7, 11) is -2.04. The Morgan fingerprint density at radius 1 is 1.44 bits per heavy atom. The Balaban J connectivity index is 3.90. The quantitative estimate of drug-likeness (QED) is 0.557. The molecule has 0 amide bonds. The molecule has 0 spiro atoms. The van der Waals surface area contributed by atoms with Crippen LogP contribution in [-0.4, -0.2) is 21.3 Å². The first-order chi connectivity index (χ1) is 3.98. The fourth-order valence-corrected chi connectivity index (χ4v) is 1.43. The van der Waals surface area contributed by atoms with Crippen molar-refractivity contribution in [1.82, 2.24) is 0 Å². The van der Waals surface area contributed by atoms with Crippen molar-refractivity contribution in [2.75, 3.05) is 12.9 Å². The molecule has 0 bridgehead atoms. The Kier molecular flexibility index (Phi) is 3.14. The Morgan fingerprint density at radius 2 is 1.89 bits per heavy atom. The summed E-state index contributed by atoms with van der Waals surface area (Å²) in [6.45, 7) is 3.66. The zero-order valence-corrected chi connectivity index (χ0v) is 6.73. The Morgan fingerprint density at radius 3 is 2.00 bits per heavy atom. The molecule has 4 heteroatoms. The van der Waals surface area contributed by atoms with Gasteiger partial charge in [0.15, 0.2) is 0 Å². The van der Waals surface area contributed by atoms with Gasteiger partial charge in [0, 0.05) is 0 Å². The summed E-state index contributed by atoms with van der Waals surface area (Å²) in [5, 5.41) is 0. The van der Waals surface area contributed by atoms with Crippen molar-refractivity contribution in [2.24, 2.45) is 5.92 Å². The van der Waals surface area contributed by atoms with Crippen molar-refractivity contribution in [1.29, 1.82) is 0 Å². The van der Waals surface area contributed by atoms with Gasteiger partial charge in [-0.25, -0.2) is 0 Å². The topological polar surface area (TPSA) is 43.4 Å². The van der Waals surface area contributed by atoms with Crippen molar-refractivity contribution in [3.05, 3.63) is 0 Å². The van der Waals surface area contributed by atoms with Crippen LogP contribution in [-0.2, 0) is 14.3 Å². The van der Waals surface area contributed by atoms with E-state index < -0.39 is 10.1 Å². The summed E-state index contributed by atoms with van der Waals surface area (Å²) in [5.41, 5.74) is 0. The van der Waals surface area contributed by atoms with Gasteiger partial charge in [0.1, 0.15) is 0 Å². The molecule has 0 rings (SSSR count). The lowest BCUT2D eigenvalue weighted by atomic mass is 10.3. The molecule has 0 unspecified atom stereocenters. The van der Waals surface area contributed by atoms with Crippen molar-refractivity contribution in [3.63, 3.8) is 0 Å². The third kappa shape index (κ3) is 4.42. The monoisotopic (exact) mass is 152 g/mol. The molecule has 56 valence electrons. The van der Waals surface area contributed by atoms with Crippen LogP contribution in [0.5, 0.6) is 0 Å². The van der Waals surface area contributed by atoms with Crippen LogP contribution in [0.1, 0.15) is 13.8 Å². The molecule has 0 N–H and O–H groups in total. The highest BCUT2D eigenvalue weighted by molar-refractivity contribution is 7.86. The van der Waals surface area contributed by atoms with Crippen LogP contribution in [0.25, 0.3) is 0 Å². The lowest BCUT2D eigenvalue weighted by Crippen LogP contribution is -2.12. The van der Waals surface area contributed by atoms with Crippen molar-refractivity contribution >= 4 is 10.1 Å². The molecule has 0 saturated heterocycles. The molecule has 0 heterocycles. The van der Waals surface area contributed by atoms with Crippen LogP contribution in [0.4, 0.5) is 0 Å². The SMILES string of the molecule is COS(=O)(=O)CC(C)C. The van der Waals surface area contributed by atoms with Crippen LogP contribution in [0, 0.1) is 5.92 Å². The molecule has 0 aromatic carbocycles. The zero-order chi connectivity index (χ0) is 7.49. The molecule has 0 aromatic heterocycles. The summed E-state index contributed by atoms with van der Waals surface area (Å²) in [6.07, 6.45) is 0. The third-order valence-electron chi connectivity index (χ3n) is 0.791. The third-order valence-corrected chi connectivity index (χ3v) is 2.37. The normalized spacial score (nSPS) is 12.4. The van der Waals surface area contributed by atoms with Gasteiger partial charge in [-0.15, -0.1) is 0 Å². The van der Waals surface area contributed by atoms with Crippen LogP contribution in [0.15, 0.2) is 0 Å². The number of hydrogen-bond donors (Lipinski definition) is 0. The highest BCUT2D eigenvalue weighted by atomic mass is 32.2. The van der Waals surface area contributed by atoms with E-state index in [1.807, 2.05) is 13.8 Å². The van der Waals surface area contributed by atoms with Gasteiger partial charge < -0.3 is 0 Å². The minimum absolute atomic E-state index is 0.101. The Labute approximate surface area is 56.1 Å². The van der Waals surface area contributed by atoms with E-state index in [0.717, 1.165) is 0 Å². The smallest absolute Gasteiger partial charge is 0.267 e. The summed E-state index contributed by atoms with van der Waals surface area (Å²) < 4.78 is 25.4. The van der Waals surface area contributed by atoms with Crippen molar-refractivity contribution < 1.29 is 12.6 Å². The van der Waals surface area contributed by atoms with Gasteiger partial charge in [-0.2, -0.15) is 8.42 Å². The molecule has 0 aliphatic heterocycles. The molecular weight excluding hydrogens is 140 g/mol. The second-order valence-corrected chi connectivity index (χ2v) is 4.07. The molecule has 0 radical (unpaired) electrons. The standard InChI is InChI=1S/C5H12O3S/c1-5(2)4-9(6,7)8-3/h5H,4H2,1-3H3. The average molecular weight is 152 g/mol. The number of rotatable bonds is 3. The molecule has 0 fully saturated rings. The van der Waals surface area contributed by atoms with Gasteiger partial charge in [0.25, 0.3) is 10.1 Å². The van der Waals surface area contributed by atoms with Crippen molar-refractivity contribution in [3.8, 4) is 0 Å². The number of hydrogen-bond acceptors (Lipinski definition) is 3. The molecule has 0 atom stereocenters. The summed E-state index contributed by atoms with van der Waals surface area (Å²) in [4.78, 5) is 0. The summed E-state index contributed by atoms with van der Waals surface area (Å²) in [5.74, 6) is 0.235. The second-order valence-electron chi connectivity index (χ2n) is 2.28. The van der Waals surface area contributed by atoms with E-state index >= 15 is 0 Å². The van der Waals surface area contributed by atoms with Crippen molar-refractivity contribution in [2.45, 2.75) is 13.8 Å². The molecule has 3 nitrogen and oxygen atoms in total. The largest absolute Gasteiger partial charge is 0.273 e. The predicted molar refractivity (Wildman–Crippen MR) is 35.6 cm³/mol. The van der Waals surface area contributed by atoms with E-state index in [1.54, 1.807) is 0 Å². The van der Waals surface area contributed by atoms with E-state index in [4.69, 9.17) is 0 Å². The van der Waals surface area contributed by atoms with E-state index in [-0.39, 0.29) is 11.7 Å². The Hall–Kier alpha value is -0.0900. The Bertz CT molecular complexity index is 157. The van der Waals surface area contributed by atoms with E-state index in [9.17, 15) is 8.42 Å². The first kappa shape index (κ1) is 8.91. The highest BCUT2D eigenvalue weighted by Gasteiger charge is 2.09. The van der Waals surface area contributed by atoms with Crippen LogP contribution in [0.2, 0.25) is 0 Å². The average Bonchev–Trinajstić information content (AvgIpc) is 1.63. The van der Waals surface area contributed by atoms with E-state index in [0.29, 0.717) is 0 Å². The molecular formula is C5H12O3S. The van der Waals surface area contributed by atoms with E-state index in [2.05, 4.69) is 4.18 Å². The minimum atomic E-state index is -3.22. The molecule has 9 heavy (non-hydrogen) atoms. The minimum Gasteiger partial charge on any atom is -0.273 e. The summed E-state index contributed by atoms with van der Waals surface area (Å²) in [6, 6.07) is 0. The van der Waals surface area contributed by atoms with Crippen LogP contribution in [0.3, 0.4) is 0 Å². The van der Waals surface area contributed by atoms with Gasteiger partial charge in [-0.1, -0.05) is 13.8 Å². The summed E-state index contributed by atoms with van der Waals surface area (Å²) >= 11 is 0. The molecule has 0 saturated carbocycles. The lowest BCUT2D eigenvalue weighted by Gasteiger charge is -2.02. The molecule has 0 aromatic rings. The fourth-order valence-electron chi connectivity index (χ4n) is 0.476. The van der Waals surface area contributed by atoms with Crippen LogP contribution >= 0.6 is 0 Å². The lowest BCUT2D eigenvalue weighted by molar-refractivity contribution is 0.392.